The maximum absolute atomic E-state index is 13.4. The van der Waals surface area contributed by atoms with Crippen molar-refractivity contribution in [3.05, 3.63) is 42.4 Å². The number of rotatable bonds is 2. The summed E-state index contributed by atoms with van der Waals surface area (Å²) in [6, 6.07) is 6.19. The Bertz CT molecular complexity index is 482. The Morgan fingerprint density at radius 3 is 2.88 bits per heavy atom. The summed E-state index contributed by atoms with van der Waals surface area (Å²) in [7, 11) is 0. The Balaban J connectivity index is 2.35. The number of primary amides is 1. The van der Waals surface area contributed by atoms with Gasteiger partial charge in [-0.3, -0.25) is 4.79 Å². The molecule has 0 saturated carbocycles. The van der Waals surface area contributed by atoms with Crippen LogP contribution in [0.3, 0.4) is 0 Å². The summed E-state index contributed by atoms with van der Waals surface area (Å²) in [6.45, 7) is 0. The number of benzene rings is 1. The largest absolute Gasteiger partial charge is 0.364 e. The van der Waals surface area contributed by atoms with Crippen LogP contribution in [-0.2, 0) is 4.79 Å². The van der Waals surface area contributed by atoms with Crippen molar-refractivity contribution in [2.24, 2.45) is 10.8 Å². The number of para-hydroxylation sites is 1. The fourth-order valence-corrected chi connectivity index (χ4v) is 1.39. The van der Waals surface area contributed by atoms with E-state index in [0.29, 0.717) is 6.42 Å². The Morgan fingerprint density at radius 2 is 2.19 bits per heavy atom. The molecule has 0 saturated heterocycles. The monoisotopic (exact) mass is 219 g/mol. The van der Waals surface area contributed by atoms with Crippen LogP contribution in [-0.4, -0.2) is 11.6 Å². The molecule has 0 bridgehead atoms. The van der Waals surface area contributed by atoms with Crippen LogP contribution in [0.1, 0.15) is 6.42 Å². The normalized spacial score (nSPS) is 14.8. The summed E-state index contributed by atoms with van der Waals surface area (Å²) in [5.74, 6) is -0.993. The van der Waals surface area contributed by atoms with Crippen LogP contribution < -0.4 is 10.7 Å². The SMILES string of the molecule is NC(=O)C1=NN(c2ccccc2F)C=CC1. The van der Waals surface area contributed by atoms with Gasteiger partial charge in [-0.05, 0) is 12.1 Å². The van der Waals surface area contributed by atoms with Gasteiger partial charge in [-0.15, -0.1) is 0 Å². The number of carbonyl (C=O) groups excluding carboxylic acids is 1. The summed E-state index contributed by atoms with van der Waals surface area (Å²) in [6.07, 6.45) is 3.69. The van der Waals surface area contributed by atoms with Crippen LogP contribution in [0.15, 0.2) is 41.6 Å². The van der Waals surface area contributed by atoms with E-state index in [-0.39, 0.29) is 11.4 Å². The molecule has 82 valence electrons. The Morgan fingerprint density at radius 1 is 1.44 bits per heavy atom. The molecule has 0 unspecified atom stereocenters. The van der Waals surface area contributed by atoms with Crippen LogP contribution in [0, 0.1) is 5.82 Å². The van der Waals surface area contributed by atoms with Crippen molar-refractivity contribution in [2.45, 2.75) is 6.42 Å². The highest BCUT2D eigenvalue weighted by Crippen LogP contribution is 2.21. The average molecular weight is 219 g/mol. The molecular formula is C11H10FN3O. The first-order valence-corrected chi connectivity index (χ1v) is 4.76. The number of amides is 1. The van der Waals surface area contributed by atoms with Gasteiger partial charge in [-0.25, -0.2) is 9.40 Å². The van der Waals surface area contributed by atoms with Crippen molar-refractivity contribution in [3.63, 3.8) is 0 Å². The van der Waals surface area contributed by atoms with Crippen LogP contribution in [0.2, 0.25) is 0 Å². The topological polar surface area (TPSA) is 58.7 Å². The Hall–Kier alpha value is -2.17. The average Bonchev–Trinajstić information content (AvgIpc) is 2.30. The maximum Gasteiger partial charge on any atom is 0.265 e. The number of allylic oxidation sites excluding steroid dienone is 1. The van der Waals surface area contributed by atoms with Crippen molar-refractivity contribution in [3.8, 4) is 0 Å². The van der Waals surface area contributed by atoms with E-state index in [1.165, 1.54) is 11.1 Å². The third-order valence-corrected chi connectivity index (χ3v) is 2.17. The van der Waals surface area contributed by atoms with Gasteiger partial charge in [-0.2, -0.15) is 5.10 Å². The number of hydrogen-bond acceptors (Lipinski definition) is 3. The second-order valence-corrected chi connectivity index (χ2v) is 3.30. The van der Waals surface area contributed by atoms with Crippen LogP contribution in [0.25, 0.3) is 0 Å². The molecule has 0 aliphatic carbocycles. The van der Waals surface area contributed by atoms with Gasteiger partial charge < -0.3 is 5.73 Å². The number of anilines is 1. The van der Waals surface area contributed by atoms with Gasteiger partial charge in [0.25, 0.3) is 5.91 Å². The standard InChI is InChI=1S/C11H10FN3O/c12-8-4-1-2-6-10(8)15-7-3-5-9(14-15)11(13)16/h1-4,6-7H,5H2,(H2,13,16). The molecule has 1 amide bonds. The molecule has 1 aromatic rings. The Labute approximate surface area is 91.9 Å². The second kappa shape index (κ2) is 4.14. The van der Waals surface area contributed by atoms with Crippen molar-refractivity contribution < 1.29 is 9.18 Å². The highest BCUT2D eigenvalue weighted by Gasteiger charge is 2.15. The third kappa shape index (κ3) is 1.93. The molecule has 1 aromatic carbocycles. The van der Waals surface area contributed by atoms with Gasteiger partial charge in [0, 0.05) is 12.6 Å². The smallest absolute Gasteiger partial charge is 0.265 e. The molecule has 1 aliphatic heterocycles. The van der Waals surface area contributed by atoms with E-state index in [2.05, 4.69) is 5.10 Å². The van der Waals surface area contributed by atoms with E-state index in [1.807, 2.05) is 0 Å². The zero-order valence-electron chi connectivity index (χ0n) is 8.43. The second-order valence-electron chi connectivity index (χ2n) is 3.30. The van der Waals surface area contributed by atoms with Crippen LogP contribution >= 0.6 is 0 Å². The zero-order valence-corrected chi connectivity index (χ0v) is 8.43. The van der Waals surface area contributed by atoms with Crippen molar-refractivity contribution in [1.82, 2.24) is 0 Å². The highest BCUT2D eigenvalue weighted by atomic mass is 19.1. The Kier molecular flexibility index (Phi) is 2.68. The number of hydrogen-bond donors (Lipinski definition) is 1. The van der Waals surface area contributed by atoms with Crippen LogP contribution in [0.4, 0.5) is 10.1 Å². The van der Waals surface area contributed by atoms with E-state index < -0.39 is 11.7 Å². The first-order valence-electron chi connectivity index (χ1n) is 4.76. The number of carbonyl (C=O) groups is 1. The predicted molar refractivity (Wildman–Crippen MR) is 59.3 cm³/mol. The van der Waals surface area contributed by atoms with E-state index in [1.54, 1.807) is 30.5 Å². The van der Waals surface area contributed by atoms with Crippen molar-refractivity contribution >= 4 is 17.3 Å². The predicted octanol–water partition coefficient (Wildman–Crippen LogP) is 1.39. The lowest BCUT2D eigenvalue weighted by Crippen LogP contribution is -2.28. The number of nitrogens with zero attached hydrogens (tertiary/aromatic N) is 2. The molecular weight excluding hydrogens is 209 g/mol. The lowest BCUT2D eigenvalue weighted by atomic mass is 10.2. The zero-order chi connectivity index (χ0) is 11.5. The van der Waals surface area contributed by atoms with Crippen molar-refractivity contribution in [1.29, 1.82) is 0 Å². The van der Waals surface area contributed by atoms with E-state index in [0.717, 1.165) is 0 Å². The lowest BCUT2D eigenvalue weighted by Gasteiger charge is -2.19. The summed E-state index contributed by atoms with van der Waals surface area (Å²) >= 11 is 0. The maximum atomic E-state index is 13.4. The minimum Gasteiger partial charge on any atom is -0.364 e. The number of nitrogens with two attached hydrogens (primary N) is 1. The molecule has 4 nitrogen and oxygen atoms in total. The van der Waals surface area contributed by atoms with Gasteiger partial charge in [-0.1, -0.05) is 18.2 Å². The molecule has 5 heteroatoms. The van der Waals surface area contributed by atoms with Gasteiger partial charge in [0.05, 0.1) is 0 Å². The van der Waals surface area contributed by atoms with E-state index >= 15 is 0 Å². The van der Waals surface area contributed by atoms with Gasteiger partial charge in [0.15, 0.2) is 0 Å². The fraction of sp³-hybridized carbons (Fsp3) is 0.0909. The van der Waals surface area contributed by atoms with E-state index in [9.17, 15) is 9.18 Å². The van der Waals surface area contributed by atoms with Gasteiger partial charge in [0.2, 0.25) is 0 Å². The molecule has 16 heavy (non-hydrogen) atoms. The molecule has 0 spiro atoms. The third-order valence-electron chi connectivity index (χ3n) is 2.17. The molecule has 0 radical (unpaired) electrons. The first kappa shape index (κ1) is 10.4. The van der Waals surface area contributed by atoms with E-state index in [4.69, 9.17) is 5.73 Å². The molecule has 0 aromatic heterocycles. The van der Waals surface area contributed by atoms with Gasteiger partial charge in [0.1, 0.15) is 17.2 Å². The van der Waals surface area contributed by atoms with Crippen molar-refractivity contribution in [2.75, 3.05) is 5.01 Å². The minimum absolute atomic E-state index is 0.214. The summed E-state index contributed by atoms with van der Waals surface area (Å²) < 4.78 is 13.4. The molecule has 0 fully saturated rings. The molecule has 0 atom stereocenters. The van der Waals surface area contributed by atoms with Gasteiger partial charge >= 0.3 is 0 Å². The highest BCUT2D eigenvalue weighted by molar-refractivity contribution is 6.39. The minimum atomic E-state index is -0.592. The summed E-state index contributed by atoms with van der Waals surface area (Å²) in [5, 5.41) is 5.27. The molecule has 2 N–H and O–H groups in total. The summed E-state index contributed by atoms with van der Waals surface area (Å²) in [5.41, 5.74) is 5.62. The first-order chi connectivity index (χ1) is 7.68. The molecule has 1 aliphatic rings. The quantitative estimate of drug-likeness (QED) is 0.817. The number of halogens is 1. The number of hydrazone groups is 1. The summed E-state index contributed by atoms with van der Waals surface area (Å²) in [4.78, 5) is 11.0. The van der Waals surface area contributed by atoms with Crippen LogP contribution in [0.5, 0.6) is 0 Å². The molecule has 2 rings (SSSR count). The molecule has 1 heterocycles. The fourth-order valence-electron chi connectivity index (χ4n) is 1.39. The lowest BCUT2D eigenvalue weighted by molar-refractivity contribution is -0.112.